The molecule has 2 atom stereocenters. The van der Waals surface area contributed by atoms with E-state index in [4.69, 9.17) is 9.47 Å². The number of anilines is 1. The molecule has 0 fully saturated rings. The first-order chi connectivity index (χ1) is 17.5. The van der Waals surface area contributed by atoms with Crippen LogP contribution in [0.3, 0.4) is 0 Å². The quantitative estimate of drug-likeness (QED) is 0.290. The summed E-state index contributed by atoms with van der Waals surface area (Å²) in [6.07, 6.45) is 1.88. The van der Waals surface area contributed by atoms with Gasteiger partial charge in [-0.05, 0) is 36.2 Å². The van der Waals surface area contributed by atoms with E-state index in [9.17, 15) is 14.9 Å². The minimum atomic E-state index is -0.520. The van der Waals surface area contributed by atoms with Gasteiger partial charge in [0.2, 0.25) is 5.95 Å². The molecule has 1 amide bonds. The van der Waals surface area contributed by atoms with Gasteiger partial charge in [-0.3, -0.25) is 19.8 Å². The second-order valence-corrected chi connectivity index (χ2v) is 8.27. The molecule has 10 heteroatoms. The Morgan fingerprint density at radius 2 is 1.78 bits per heavy atom. The van der Waals surface area contributed by atoms with Crippen LogP contribution < -0.4 is 14.4 Å². The number of amides is 1. The summed E-state index contributed by atoms with van der Waals surface area (Å²) in [6.45, 7) is 0. The molecule has 0 bridgehead atoms. The predicted molar refractivity (Wildman–Crippen MR) is 131 cm³/mol. The first-order valence-corrected chi connectivity index (χ1v) is 11.3. The molecule has 5 rings (SSSR count). The van der Waals surface area contributed by atoms with Crippen molar-refractivity contribution >= 4 is 17.5 Å². The highest BCUT2D eigenvalue weighted by Gasteiger charge is 2.40. The van der Waals surface area contributed by atoms with Gasteiger partial charge in [0.05, 0.1) is 31.2 Å². The Hall–Kier alpha value is -4.73. The van der Waals surface area contributed by atoms with Gasteiger partial charge in [0.25, 0.3) is 11.6 Å². The molecular formula is C26H23N5O5. The molecule has 0 saturated carbocycles. The fourth-order valence-corrected chi connectivity index (χ4v) is 4.63. The van der Waals surface area contributed by atoms with Crippen LogP contribution in [0.4, 0.5) is 11.6 Å². The van der Waals surface area contributed by atoms with Gasteiger partial charge in [-0.2, -0.15) is 10.1 Å². The highest BCUT2D eigenvalue weighted by molar-refractivity contribution is 6.06. The zero-order valence-corrected chi connectivity index (χ0v) is 19.6. The number of aromatic nitrogens is 3. The van der Waals surface area contributed by atoms with Crippen molar-refractivity contribution in [3.8, 4) is 11.5 Å². The molecule has 1 aliphatic heterocycles. The first-order valence-electron chi connectivity index (χ1n) is 11.3. The molecule has 1 aliphatic rings. The summed E-state index contributed by atoms with van der Waals surface area (Å²) in [5.41, 5.74) is 1.80. The standard InChI is InChI=1S/C26H23N5O5/c1-35-20-12-10-17(11-13-20)22-15-23(21-8-3-4-9-24(21)36-2)30-26(27-16-28-30)29(22)25(32)18-6-5-7-19(14-18)31(33)34/h3-14,16,22-23H,15H2,1-2H3/t22-,23-/m0/s1. The van der Waals surface area contributed by atoms with Gasteiger partial charge < -0.3 is 9.47 Å². The molecule has 4 aromatic rings. The molecule has 2 heterocycles. The van der Waals surface area contributed by atoms with E-state index in [1.807, 2.05) is 48.5 Å². The van der Waals surface area contributed by atoms with E-state index in [1.165, 1.54) is 24.5 Å². The number of nitro groups is 1. The Morgan fingerprint density at radius 1 is 1.00 bits per heavy atom. The number of nitrogens with zero attached hydrogens (tertiary/aromatic N) is 5. The summed E-state index contributed by atoms with van der Waals surface area (Å²) in [7, 11) is 3.21. The van der Waals surface area contributed by atoms with Crippen molar-refractivity contribution in [2.45, 2.75) is 18.5 Å². The van der Waals surface area contributed by atoms with Crippen LogP contribution >= 0.6 is 0 Å². The number of benzene rings is 3. The highest BCUT2D eigenvalue weighted by Crippen LogP contribution is 2.44. The van der Waals surface area contributed by atoms with Gasteiger partial charge in [-0.25, -0.2) is 4.68 Å². The van der Waals surface area contributed by atoms with E-state index >= 15 is 0 Å². The average molecular weight is 486 g/mol. The van der Waals surface area contributed by atoms with Crippen molar-refractivity contribution in [2.75, 3.05) is 19.1 Å². The summed E-state index contributed by atoms with van der Waals surface area (Å²) in [6, 6.07) is 20.2. The van der Waals surface area contributed by atoms with Crippen LogP contribution in [-0.4, -0.2) is 39.8 Å². The maximum Gasteiger partial charge on any atom is 0.270 e. The topological polar surface area (TPSA) is 113 Å². The fourth-order valence-electron chi connectivity index (χ4n) is 4.63. The number of carbonyl (C=O) groups excluding carboxylic acids is 1. The number of carbonyl (C=O) groups is 1. The lowest BCUT2D eigenvalue weighted by atomic mass is 9.91. The van der Waals surface area contributed by atoms with E-state index in [1.54, 1.807) is 29.9 Å². The molecule has 182 valence electrons. The Morgan fingerprint density at radius 3 is 2.50 bits per heavy atom. The molecule has 0 N–H and O–H groups in total. The summed E-state index contributed by atoms with van der Waals surface area (Å²) < 4.78 is 12.6. The molecule has 10 nitrogen and oxygen atoms in total. The van der Waals surface area contributed by atoms with Gasteiger partial charge in [-0.15, -0.1) is 0 Å². The summed E-state index contributed by atoms with van der Waals surface area (Å²) in [5, 5.41) is 15.8. The second-order valence-electron chi connectivity index (χ2n) is 8.27. The molecule has 0 radical (unpaired) electrons. The maximum absolute atomic E-state index is 13.9. The van der Waals surface area contributed by atoms with E-state index in [0.717, 1.165) is 11.1 Å². The van der Waals surface area contributed by atoms with Crippen molar-refractivity contribution in [3.63, 3.8) is 0 Å². The summed E-state index contributed by atoms with van der Waals surface area (Å²) in [4.78, 5) is 30.7. The van der Waals surface area contributed by atoms with Crippen LogP contribution in [0.15, 0.2) is 79.1 Å². The lowest BCUT2D eigenvalue weighted by Gasteiger charge is -2.39. The van der Waals surface area contributed by atoms with Crippen LogP contribution in [0, 0.1) is 10.1 Å². The van der Waals surface area contributed by atoms with E-state index in [2.05, 4.69) is 10.1 Å². The number of hydrogen-bond acceptors (Lipinski definition) is 7. The van der Waals surface area contributed by atoms with Crippen LogP contribution in [0.25, 0.3) is 0 Å². The maximum atomic E-state index is 13.9. The molecule has 0 spiro atoms. The minimum Gasteiger partial charge on any atom is -0.497 e. The number of nitro benzene ring substituents is 1. The number of methoxy groups -OCH3 is 2. The summed E-state index contributed by atoms with van der Waals surface area (Å²) in [5.74, 6) is 1.33. The molecule has 1 aromatic heterocycles. The predicted octanol–water partition coefficient (Wildman–Crippen LogP) is 4.58. The monoisotopic (exact) mass is 485 g/mol. The van der Waals surface area contributed by atoms with E-state index in [0.29, 0.717) is 23.9 Å². The zero-order valence-electron chi connectivity index (χ0n) is 19.6. The van der Waals surface area contributed by atoms with Crippen molar-refractivity contribution < 1.29 is 19.2 Å². The number of rotatable bonds is 6. The van der Waals surface area contributed by atoms with Gasteiger partial charge in [-0.1, -0.05) is 36.4 Å². The van der Waals surface area contributed by atoms with Gasteiger partial charge >= 0.3 is 0 Å². The van der Waals surface area contributed by atoms with E-state index in [-0.39, 0.29) is 17.3 Å². The second kappa shape index (κ2) is 9.49. The third-order valence-electron chi connectivity index (χ3n) is 6.34. The third kappa shape index (κ3) is 4.02. The normalized spacial score (nSPS) is 16.8. The lowest BCUT2D eigenvalue weighted by Crippen LogP contribution is -2.42. The Bertz CT molecular complexity index is 1420. The molecule has 0 unspecified atom stereocenters. The first kappa shape index (κ1) is 23.0. The Labute approximate surface area is 206 Å². The van der Waals surface area contributed by atoms with Gasteiger partial charge in [0, 0.05) is 23.3 Å². The van der Waals surface area contributed by atoms with Crippen molar-refractivity contribution in [3.05, 3.63) is 106 Å². The smallest absolute Gasteiger partial charge is 0.270 e. The zero-order chi connectivity index (χ0) is 25.2. The van der Waals surface area contributed by atoms with Gasteiger partial charge in [0.15, 0.2) is 0 Å². The van der Waals surface area contributed by atoms with Crippen molar-refractivity contribution in [1.82, 2.24) is 14.8 Å². The van der Waals surface area contributed by atoms with Crippen molar-refractivity contribution in [2.24, 2.45) is 0 Å². The lowest BCUT2D eigenvalue weighted by molar-refractivity contribution is -0.384. The largest absolute Gasteiger partial charge is 0.497 e. The van der Waals surface area contributed by atoms with Crippen LogP contribution in [0.1, 0.15) is 40.0 Å². The molecular weight excluding hydrogens is 462 g/mol. The Kier molecular flexibility index (Phi) is 6.07. The van der Waals surface area contributed by atoms with Gasteiger partial charge in [0.1, 0.15) is 17.8 Å². The number of para-hydroxylation sites is 1. The molecule has 36 heavy (non-hydrogen) atoms. The number of non-ortho nitro benzene ring substituents is 1. The average Bonchev–Trinajstić information content (AvgIpc) is 3.42. The van der Waals surface area contributed by atoms with Crippen LogP contribution in [0.2, 0.25) is 0 Å². The highest BCUT2D eigenvalue weighted by atomic mass is 16.6. The van der Waals surface area contributed by atoms with Crippen molar-refractivity contribution in [1.29, 1.82) is 0 Å². The summed E-state index contributed by atoms with van der Waals surface area (Å²) >= 11 is 0. The Balaban J connectivity index is 1.66. The number of hydrogen-bond donors (Lipinski definition) is 0. The molecule has 0 aliphatic carbocycles. The molecule has 3 aromatic carbocycles. The fraction of sp³-hybridized carbons (Fsp3) is 0.192. The third-order valence-corrected chi connectivity index (χ3v) is 6.34. The van der Waals surface area contributed by atoms with Crippen LogP contribution in [0.5, 0.6) is 11.5 Å². The SMILES string of the molecule is COc1ccc([C@@H]2C[C@@H](c3ccccc3OC)n3ncnc3N2C(=O)c2cccc([N+](=O)[O-])c2)cc1. The minimum absolute atomic E-state index is 0.160. The van der Waals surface area contributed by atoms with Crippen LogP contribution in [-0.2, 0) is 0 Å². The van der Waals surface area contributed by atoms with E-state index < -0.39 is 16.9 Å². The molecule has 0 saturated heterocycles. The number of fused-ring (bicyclic) bond motifs is 1. The number of ether oxygens (including phenoxy) is 2.